The zero-order valence-corrected chi connectivity index (χ0v) is 13.8. The van der Waals surface area contributed by atoms with Crippen LogP contribution in [0.1, 0.15) is 10.5 Å². The van der Waals surface area contributed by atoms with Crippen LogP contribution in [0.15, 0.2) is 60.8 Å². The minimum atomic E-state index is -0.382. The molecule has 0 unspecified atom stereocenters. The van der Waals surface area contributed by atoms with Crippen LogP contribution in [0.2, 0.25) is 10.0 Å². The molecule has 1 amide bonds. The first-order valence-electron chi connectivity index (χ1n) is 7.04. The van der Waals surface area contributed by atoms with E-state index in [4.69, 9.17) is 23.2 Å². The summed E-state index contributed by atoms with van der Waals surface area (Å²) in [6.07, 6.45) is 1.49. The molecule has 1 aromatic heterocycles. The van der Waals surface area contributed by atoms with Gasteiger partial charge in [0.1, 0.15) is 5.69 Å². The number of amides is 1. The number of aromatic nitrogens is 2. The third kappa shape index (κ3) is 3.82. The molecule has 3 rings (SSSR count). The van der Waals surface area contributed by atoms with Crippen molar-refractivity contribution in [1.29, 1.82) is 0 Å². The zero-order chi connectivity index (χ0) is 16.9. The van der Waals surface area contributed by atoms with E-state index in [1.54, 1.807) is 36.4 Å². The fraction of sp³-hybridized carbons (Fsp3) is 0. The molecule has 0 fully saturated rings. The summed E-state index contributed by atoms with van der Waals surface area (Å²) >= 11 is 12.1. The first-order chi connectivity index (χ1) is 11.6. The van der Waals surface area contributed by atoms with Crippen LogP contribution in [-0.2, 0) is 0 Å². The van der Waals surface area contributed by atoms with Crippen molar-refractivity contribution in [1.82, 2.24) is 9.97 Å². The third-order valence-electron chi connectivity index (χ3n) is 3.13. The van der Waals surface area contributed by atoms with Crippen molar-refractivity contribution >= 4 is 46.4 Å². The predicted octanol–water partition coefficient (Wildman–Crippen LogP) is 4.78. The predicted molar refractivity (Wildman–Crippen MR) is 96.2 cm³/mol. The number of benzene rings is 2. The number of hydrogen-bond donors (Lipinski definition) is 2. The summed E-state index contributed by atoms with van der Waals surface area (Å²) in [5.74, 6) is -0.109. The van der Waals surface area contributed by atoms with E-state index in [1.807, 2.05) is 12.1 Å². The Kier molecular flexibility index (Phi) is 4.93. The van der Waals surface area contributed by atoms with Crippen molar-refractivity contribution in [2.75, 3.05) is 10.6 Å². The molecule has 120 valence electrons. The number of rotatable bonds is 4. The van der Waals surface area contributed by atoms with E-state index >= 15 is 0 Å². The zero-order valence-electron chi connectivity index (χ0n) is 12.3. The third-order valence-corrected chi connectivity index (χ3v) is 3.79. The van der Waals surface area contributed by atoms with Crippen LogP contribution in [0.3, 0.4) is 0 Å². The highest BCUT2D eigenvalue weighted by molar-refractivity contribution is 6.34. The second-order valence-corrected chi connectivity index (χ2v) is 5.62. The molecule has 2 aromatic carbocycles. The Hall–Kier alpha value is -2.63. The van der Waals surface area contributed by atoms with Gasteiger partial charge in [0.25, 0.3) is 5.91 Å². The van der Waals surface area contributed by atoms with Crippen LogP contribution in [0.5, 0.6) is 0 Å². The second-order valence-electron chi connectivity index (χ2n) is 4.80. The number of carbonyl (C=O) groups is 1. The van der Waals surface area contributed by atoms with Gasteiger partial charge in [-0.15, -0.1) is 0 Å². The molecular weight excluding hydrogens is 347 g/mol. The normalized spacial score (nSPS) is 10.2. The molecule has 0 aliphatic rings. The Bertz CT molecular complexity index is 886. The Labute approximate surface area is 148 Å². The number of nitrogens with one attached hydrogen (secondary N) is 2. The first kappa shape index (κ1) is 16.2. The van der Waals surface area contributed by atoms with Crippen molar-refractivity contribution in [3.05, 3.63) is 76.5 Å². The van der Waals surface area contributed by atoms with Gasteiger partial charge >= 0.3 is 0 Å². The van der Waals surface area contributed by atoms with Crippen molar-refractivity contribution in [2.45, 2.75) is 0 Å². The van der Waals surface area contributed by atoms with Crippen LogP contribution in [-0.4, -0.2) is 15.9 Å². The monoisotopic (exact) mass is 358 g/mol. The van der Waals surface area contributed by atoms with Crippen LogP contribution in [0.4, 0.5) is 17.3 Å². The lowest BCUT2D eigenvalue weighted by Gasteiger charge is -2.09. The number of halogens is 2. The molecule has 0 atom stereocenters. The van der Waals surface area contributed by atoms with Gasteiger partial charge in [-0.3, -0.25) is 4.79 Å². The average Bonchev–Trinajstić information content (AvgIpc) is 2.59. The highest BCUT2D eigenvalue weighted by Gasteiger charge is 2.11. The minimum Gasteiger partial charge on any atom is -0.323 e. The van der Waals surface area contributed by atoms with Crippen LogP contribution in [0.25, 0.3) is 0 Å². The van der Waals surface area contributed by atoms with E-state index in [-0.39, 0.29) is 17.5 Å². The number of carbonyl (C=O) groups excluding carboxylic acids is 1. The molecule has 2 N–H and O–H groups in total. The van der Waals surface area contributed by atoms with Crippen LogP contribution in [0, 0.1) is 0 Å². The maximum absolute atomic E-state index is 12.3. The van der Waals surface area contributed by atoms with Gasteiger partial charge < -0.3 is 10.6 Å². The van der Waals surface area contributed by atoms with Gasteiger partial charge in [-0.1, -0.05) is 47.5 Å². The molecule has 0 aliphatic carbocycles. The molecule has 1 heterocycles. The molecule has 24 heavy (non-hydrogen) atoms. The summed E-state index contributed by atoms with van der Waals surface area (Å²) < 4.78 is 0. The van der Waals surface area contributed by atoms with Gasteiger partial charge in [-0.05, 0) is 30.3 Å². The fourth-order valence-corrected chi connectivity index (χ4v) is 2.34. The number of anilines is 3. The molecule has 0 saturated heterocycles. The lowest BCUT2D eigenvalue weighted by Crippen LogP contribution is -2.15. The molecule has 0 spiro atoms. The smallest absolute Gasteiger partial charge is 0.274 e. The molecule has 5 nitrogen and oxygen atoms in total. The van der Waals surface area contributed by atoms with Gasteiger partial charge in [0.05, 0.1) is 21.4 Å². The highest BCUT2D eigenvalue weighted by atomic mass is 35.5. The van der Waals surface area contributed by atoms with Gasteiger partial charge in [-0.25, -0.2) is 9.97 Å². The maximum atomic E-state index is 12.3. The summed E-state index contributed by atoms with van der Waals surface area (Å²) in [5.41, 5.74) is 1.38. The van der Waals surface area contributed by atoms with Crippen LogP contribution >= 0.6 is 23.2 Å². The Morgan fingerprint density at radius 1 is 0.875 bits per heavy atom. The topological polar surface area (TPSA) is 66.9 Å². The molecule has 0 saturated carbocycles. The fourth-order valence-electron chi connectivity index (χ4n) is 1.98. The SMILES string of the molecule is O=C(Nc1ccccc1Cl)c1ccnc(Nc2ccccc2Cl)n1. The van der Waals surface area contributed by atoms with E-state index in [0.717, 1.165) is 0 Å². The molecule has 3 aromatic rings. The van der Waals surface area contributed by atoms with E-state index in [1.165, 1.54) is 12.3 Å². The average molecular weight is 359 g/mol. The standard InChI is InChI=1S/C17H12Cl2N4O/c18-11-5-1-3-7-13(11)21-16(24)15-9-10-20-17(23-15)22-14-8-4-2-6-12(14)19/h1-10H,(H,21,24)(H,20,22,23). The Morgan fingerprint density at radius 3 is 2.17 bits per heavy atom. The van der Waals surface area contributed by atoms with E-state index in [0.29, 0.717) is 21.4 Å². The summed E-state index contributed by atoms with van der Waals surface area (Å²) in [5, 5.41) is 6.68. The van der Waals surface area contributed by atoms with E-state index < -0.39 is 0 Å². The lowest BCUT2D eigenvalue weighted by atomic mass is 10.3. The first-order valence-corrected chi connectivity index (χ1v) is 7.79. The van der Waals surface area contributed by atoms with E-state index in [9.17, 15) is 4.79 Å². The lowest BCUT2D eigenvalue weighted by molar-refractivity contribution is 0.102. The van der Waals surface area contributed by atoms with Crippen molar-refractivity contribution in [3.8, 4) is 0 Å². The molecule has 7 heteroatoms. The minimum absolute atomic E-state index is 0.208. The highest BCUT2D eigenvalue weighted by Crippen LogP contribution is 2.23. The number of hydrogen-bond acceptors (Lipinski definition) is 4. The van der Waals surface area contributed by atoms with Crippen molar-refractivity contribution in [2.24, 2.45) is 0 Å². The second kappa shape index (κ2) is 7.29. The molecule has 0 radical (unpaired) electrons. The summed E-state index contributed by atoms with van der Waals surface area (Å²) in [6.45, 7) is 0. The van der Waals surface area contributed by atoms with Gasteiger partial charge in [0.15, 0.2) is 0 Å². The molecule has 0 aliphatic heterocycles. The summed E-state index contributed by atoms with van der Waals surface area (Å²) in [4.78, 5) is 20.6. The van der Waals surface area contributed by atoms with Gasteiger partial charge in [0, 0.05) is 6.20 Å². The molecular formula is C17H12Cl2N4O. The van der Waals surface area contributed by atoms with E-state index in [2.05, 4.69) is 20.6 Å². The Morgan fingerprint density at radius 2 is 1.50 bits per heavy atom. The number of nitrogens with zero attached hydrogens (tertiary/aromatic N) is 2. The van der Waals surface area contributed by atoms with Gasteiger partial charge in [0.2, 0.25) is 5.95 Å². The summed E-state index contributed by atoms with van der Waals surface area (Å²) in [7, 11) is 0. The van der Waals surface area contributed by atoms with Crippen LogP contribution < -0.4 is 10.6 Å². The quantitative estimate of drug-likeness (QED) is 0.704. The van der Waals surface area contributed by atoms with Crippen molar-refractivity contribution in [3.63, 3.8) is 0 Å². The van der Waals surface area contributed by atoms with Crippen molar-refractivity contribution < 1.29 is 4.79 Å². The van der Waals surface area contributed by atoms with Gasteiger partial charge in [-0.2, -0.15) is 0 Å². The number of para-hydroxylation sites is 2. The maximum Gasteiger partial charge on any atom is 0.274 e. The molecule has 0 bridgehead atoms. The Balaban J connectivity index is 1.79. The summed E-state index contributed by atoms with van der Waals surface area (Å²) in [6, 6.07) is 15.7. The largest absolute Gasteiger partial charge is 0.323 e.